The van der Waals surface area contributed by atoms with E-state index in [1.165, 1.54) is 19.5 Å². The van der Waals surface area contributed by atoms with Crippen molar-refractivity contribution in [3.8, 4) is 0 Å². The van der Waals surface area contributed by atoms with Crippen LogP contribution in [0.15, 0.2) is 0 Å². The highest BCUT2D eigenvalue weighted by molar-refractivity contribution is 4.84. The van der Waals surface area contributed by atoms with Gasteiger partial charge in [0.2, 0.25) is 0 Å². The lowest BCUT2D eigenvalue weighted by Gasteiger charge is -2.28. The maximum Gasteiger partial charge on any atom is -0.00146 e. The van der Waals surface area contributed by atoms with E-state index in [4.69, 9.17) is 0 Å². The lowest BCUT2D eigenvalue weighted by atomic mass is 9.77. The van der Waals surface area contributed by atoms with E-state index in [0.717, 1.165) is 23.7 Å². The Hall–Kier alpha value is -0.0400. The van der Waals surface area contributed by atoms with Gasteiger partial charge in [0.25, 0.3) is 0 Å². The summed E-state index contributed by atoms with van der Waals surface area (Å²) in [5.74, 6) is 3.59. The van der Waals surface area contributed by atoms with Crippen molar-refractivity contribution >= 4 is 0 Å². The zero-order chi connectivity index (χ0) is 9.14. The van der Waals surface area contributed by atoms with Gasteiger partial charge in [0.15, 0.2) is 0 Å². The molecule has 1 unspecified atom stereocenters. The molecule has 1 fully saturated rings. The van der Waals surface area contributed by atoms with E-state index in [9.17, 15) is 0 Å². The fourth-order valence-electron chi connectivity index (χ4n) is 2.67. The molecule has 3 atom stereocenters. The lowest BCUT2D eigenvalue weighted by Crippen LogP contribution is -2.25. The Bertz CT molecular complexity index is 131. The van der Waals surface area contributed by atoms with Gasteiger partial charge in [-0.05, 0) is 36.8 Å². The second kappa shape index (κ2) is 4.27. The van der Waals surface area contributed by atoms with E-state index in [1.54, 1.807) is 0 Å². The molecule has 0 spiro atoms. The van der Waals surface area contributed by atoms with E-state index >= 15 is 0 Å². The molecule has 1 rings (SSSR count). The molecule has 0 amide bonds. The molecule has 72 valence electrons. The van der Waals surface area contributed by atoms with Crippen LogP contribution in [0.5, 0.6) is 0 Å². The molecular formula is C11H23N. The van der Waals surface area contributed by atoms with Crippen molar-refractivity contribution in [3.63, 3.8) is 0 Å². The molecule has 0 aromatic heterocycles. The Morgan fingerprint density at radius 2 is 2.00 bits per heavy atom. The van der Waals surface area contributed by atoms with Crippen molar-refractivity contribution in [1.82, 2.24) is 5.32 Å². The maximum absolute atomic E-state index is 3.49. The Kier molecular flexibility index (Phi) is 3.57. The molecule has 1 N–H and O–H groups in total. The molecule has 0 aromatic carbocycles. The largest absolute Gasteiger partial charge is 0.316 e. The van der Waals surface area contributed by atoms with Gasteiger partial charge in [-0.1, -0.05) is 34.1 Å². The van der Waals surface area contributed by atoms with Gasteiger partial charge in [-0.15, -0.1) is 0 Å². The third-order valence-corrected chi connectivity index (χ3v) is 3.45. The van der Waals surface area contributed by atoms with E-state index in [0.29, 0.717) is 0 Å². The first kappa shape index (κ1) is 10.0. The summed E-state index contributed by atoms with van der Waals surface area (Å²) in [4.78, 5) is 0. The monoisotopic (exact) mass is 169 g/mol. The summed E-state index contributed by atoms with van der Waals surface area (Å²) in [7, 11) is 0. The highest BCUT2D eigenvalue weighted by Gasteiger charge is 2.30. The molecule has 0 saturated carbocycles. The second-order valence-electron chi connectivity index (χ2n) is 4.62. The van der Waals surface area contributed by atoms with Crippen molar-refractivity contribution in [2.24, 2.45) is 23.7 Å². The number of rotatable bonds is 3. The summed E-state index contributed by atoms with van der Waals surface area (Å²) in [5, 5.41) is 3.49. The Morgan fingerprint density at radius 3 is 2.33 bits per heavy atom. The van der Waals surface area contributed by atoms with Gasteiger partial charge in [-0.25, -0.2) is 0 Å². The SMILES string of the molecule is CCC(C(C)C)[C@@H]1CNC[C@H]1C. The zero-order valence-corrected chi connectivity index (χ0v) is 8.93. The lowest BCUT2D eigenvalue weighted by molar-refractivity contribution is 0.221. The molecule has 12 heavy (non-hydrogen) atoms. The number of nitrogens with one attached hydrogen (secondary N) is 1. The van der Waals surface area contributed by atoms with Gasteiger partial charge in [-0.3, -0.25) is 0 Å². The van der Waals surface area contributed by atoms with Crippen LogP contribution in [0.1, 0.15) is 34.1 Å². The molecule has 0 bridgehead atoms. The summed E-state index contributed by atoms with van der Waals surface area (Å²) in [6, 6.07) is 0. The van der Waals surface area contributed by atoms with Gasteiger partial charge in [-0.2, -0.15) is 0 Å². The first-order valence-electron chi connectivity index (χ1n) is 5.37. The summed E-state index contributed by atoms with van der Waals surface area (Å²) < 4.78 is 0. The Labute approximate surface area is 76.9 Å². The Balaban J connectivity index is 2.52. The predicted molar refractivity (Wildman–Crippen MR) is 54.1 cm³/mol. The number of hydrogen-bond donors (Lipinski definition) is 1. The highest BCUT2D eigenvalue weighted by atomic mass is 14.9. The van der Waals surface area contributed by atoms with Gasteiger partial charge >= 0.3 is 0 Å². The molecule has 0 radical (unpaired) electrons. The standard InChI is InChI=1S/C11H23N/c1-5-10(8(2)3)11-7-12-6-9(11)4/h8-12H,5-7H2,1-4H3/t9-,10?,11-/m1/s1. The minimum Gasteiger partial charge on any atom is -0.316 e. The summed E-state index contributed by atoms with van der Waals surface area (Å²) >= 11 is 0. The molecule has 1 aliphatic rings. The van der Waals surface area contributed by atoms with Crippen LogP contribution in [0.4, 0.5) is 0 Å². The minimum absolute atomic E-state index is 0.849. The predicted octanol–water partition coefficient (Wildman–Crippen LogP) is 2.52. The van der Waals surface area contributed by atoms with E-state index in [1.807, 2.05) is 0 Å². The van der Waals surface area contributed by atoms with Gasteiger partial charge in [0.1, 0.15) is 0 Å². The third-order valence-electron chi connectivity index (χ3n) is 3.45. The van der Waals surface area contributed by atoms with Gasteiger partial charge in [0.05, 0.1) is 0 Å². The fourth-order valence-corrected chi connectivity index (χ4v) is 2.67. The van der Waals surface area contributed by atoms with Crippen LogP contribution in [0.25, 0.3) is 0 Å². The van der Waals surface area contributed by atoms with Crippen LogP contribution >= 0.6 is 0 Å². The summed E-state index contributed by atoms with van der Waals surface area (Å²) in [6.45, 7) is 11.9. The second-order valence-corrected chi connectivity index (χ2v) is 4.62. The molecule has 0 aliphatic carbocycles. The highest BCUT2D eigenvalue weighted by Crippen LogP contribution is 2.31. The third kappa shape index (κ3) is 2.01. The van der Waals surface area contributed by atoms with Crippen molar-refractivity contribution in [2.45, 2.75) is 34.1 Å². The number of hydrogen-bond acceptors (Lipinski definition) is 1. The minimum atomic E-state index is 0.849. The van der Waals surface area contributed by atoms with Crippen LogP contribution in [-0.2, 0) is 0 Å². The van der Waals surface area contributed by atoms with Gasteiger partial charge < -0.3 is 5.32 Å². The molecule has 1 heterocycles. The van der Waals surface area contributed by atoms with Crippen molar-refractivity contribution < 1.29 is 0 Å². The molecular weight excluding hydrogens is 146 g/mol. The summed E-state index contributed by atoms with van der Waals surface area (Å²) in [5.41, 5.74) is 0. The maximum atomic E-state index is 3.49. The normalized spacial score (nSPS) is 32.8. The van der Waals surface area contributed by atoms with Crippen LogP contribution in [-0.4, -0.2) is 13.1 Å². The first-order chi connectivity index (χ1) is 5.66. The van der Waals surface area contributed by atoms with E-state index in [2.05, 4.69) is 33.0 Å². The fraction of sp³-hybridized carbons (Fsp3) is 1.00. The average molecular weight is 169 g/mol. The topological polar surface area (TPSA) is 12.0 Å². The first-order valence-corrected chi connectivity index (χ1v) is 5.37. The zero-order valence-electron chi connectivity index (χ0n) is 8.93. The molecule has 1 heteroatoms. The molecule has 1 saturated heterocycles. The molecule has 1 nitrogen and oxygen atoms in total. The van der Waals surface area contributed by atoms with Crippen molar-refractivity contribution in [1.29, 1.82) is 0 Å². The van der Waals surface area contributed by atoms with Crippen molar-refractivity contribution in [2.75, 3.05) is 13.1 Å². The van der Waals surface area contributed by atoms with E-state index in [-0.39, 0.29) is 0 Å². The molecule has 0 aromatic rings. The molecule has 1 aliphatic heterocycles. The van der Waals surface area contributed by atoms with Crippen molar-refractivity contribution in [3.05, 3.63) is 0 Å². The van der Waals surface area contributed by atoms with E-state index < -0.39 is 0 Å². The average Bonchev–Trinajstić information content (AvgIpc) is 2.38. The Morgan fingerprint density at radius 1 is 1.33 bits per heavy atom. The smallest absolute Gasteiger partial charge is 0.00146 e. The van der Waals surface area contributed by atoms with Gasteiger partial charge in [0, 0.05) is 0 Å². The van der Waals surface area contributed by atoms with Crippen LogP contribution in [0.3, 0.4) is 0 Å². The van der Waals surface area contributed by atoms with Crippen LogP contribution < -0.4 is 5.32 Å². The summed E-state index contributed by atoms with van der Waals surface area (Å²) in [6.07, 6.45) is 1.34. The van der Waals surface area contributed by atoms with Crippen LogP contribution in [0.2, 0.25) is 0 Å². The van der Waals surface area contributed by atoms with Crippen LogP contribution in [0, 0.1) is 23.7 Å². The quantitative estimate of drug-likeness (QED) is 0.684.